The van der Waals surface area contributed by atoms with Crippen molar-refractivity contribution in [1.29, 1.82) is 5.26 Å². The Balaban J connectivity index is 1.78. The lowest BCUT2D eigenvalue weighted by Crippen LogP contribution is -2.24. The van der Waals surface area contributed by atoms with Crippen LogP contribution in [0.1, 0.15) is 36.9 Å². The van der Waals surface area contributed by atoms with Gasteiger partial charge in [0.2, 0.25) is 5.91 Å². The Hall–Kier alpha value is -3.00. The molecule has 0 saturated carbocycles. The molecule has 0 spiro atoms. The Kier molecular flexibility index (Phi) is 4.90. The van der Waals surface area contributed by atoms with Crippen LogP contribution in [-0.2, 0) is 4.79 Å². The molecule has 1 heterocycles. The fourth-order valence-corrected chi connectivity index (χ4v) is 3.07. The fourth-order valence-electron chi connectivity index (χ4n) is 3.07. The summed E-state index contributed by atoms with van der Waals surface area (Å²) < 4.78 is 5.49. The number of hydrogen-bond donors (Lipinski definition) is 1. The van der Waals surface area contributed by atoms with Crippen LogP contribution in [-0.4, -0.2) is 19.6 Å². The molecule has 3 rings (SSSR count). The van der Waals surface area contributed by atoms with E-state index in [2.05, 4.69) is 18.3 Å². The summed E-state index contributed by atoms with van der Waals surface area (Å²) in [6, 6.07) is 15.5. The minimum atomic E-state index is 0.0803. The number of carbonyl (C=O) groups excluding carboxylic acids is 1. The van der Waals surface area contributed by atoms with Gasteiger partial charge >= 0.3 is 0 Å². The molecule has 1 unspecified atom stereocenters. The Morgan fingerprint density at radius 2 is 2.00 bits per heavy atom. The van der Waals surface area contributed by atoms with Crippen LogP contribution in [0.2, 0.25) is 0 Å². The van der Waals surface area contributed by atoms with E-state index in [1.165, 1.54) is 0 Å². The molecule has 1 N–H and O–H groups in total. The van der Waals surface area contributed by atoms with Crippen LogP contribution < -0.4 is 15.0 Å². The minimum absolute atomic E-state index is 0.0803. The molecule has 1 amide bonds. The Labute approximate surface area is 147 Å². The van der Waals surface area contributed by atoms with Crippen molar-refractivity contribution >= 4 is 17.3 Å². The first kappa shape index (κ1) is 16.8. The van der Waals surface area contributed by atoms with Crippen molar-refractivity contribution in [2.24, 2.45) is 0 Å². The molecule has 1 fully saturated rings. The summed E-state index contributed by atoms with van der Waals surface area (Å²) in [7, 11) is 1.62. The van der Waals surface area contributed by atoms with Gasteiger partial charge in [-0.25, -0.2) is 0 Å². The van der Waals surface area contributed by atoms with Crippen LogP contribution in [0, 0.1) is 11.3 Å². The molecule has 2 aromatic carbocycles. The van der Waals surface area contributed by atoms with Crippen molar-refractivity contribution in [2.75, 3.05) is 23.9 Å². The summed E-state index contributed by atoms with van der Waals surface area (Å²) in [5, 5.41) is 12.3. The molecule has 128 valence electrons. The number of amides is 1. The van der Waals surface area contributed by atoms with Gasteiger partial charge in [-0.15, -0.1) is 0 Å². The zero-order chi connectivity index (χ0) is 17.8. The van der Waals surface area contributed by atoms with Crippen molar-refractivity contribution in [3.63, 3.8) is 0 Å². The van der Waals surface area contributed by atoms with Crippen molar-refractivity contribution in [1.82, 2.24) is 0 Å². The number of rotatable bonds is 5. The third kappa shape index (κ3) is 3.58. The smallest absolute Gasteiger partial charge is 0.227 e. The first-order valence-electron chi connectivity index (χ1n) is 8.37. The van der Waals surface area contributed by atoms with Gasteiger partial charge in [-0.05, 0) is 43.2 Å². The summed E-state index contributed by atoms with van der Waals surface area (Å²) in [6.45, 7) is 2.80. The highest BCUT2D eigenvalue weighted by Crippen LogP contribution is 2.34. The largest absolute Gasteiger partial charge is 0.494 e. The highest BCUT2D eigenvalue weighted by molar-refractivity contribution is 5.97. The zero-order valence-corrected chi connectivity index (χ0v) is 14.5. The first-order chi connectivity index (χ1) is 12.1. The molecule has 0 aliphatic carbocycles. The minimum Gasteiger partial charge on any atom is -0.494 e. The molecule has 25 heavy (non-hydrogen) atoms. The number of nitrogens with zero attached hydrogens (tertiary/aromatic N) is 2. The lowest BCUT2D eigenvalue weighted by atomic mass is 10.1. The molecule has 5 nitrogen and oxygen atoms in total. The quantitative estimate of drug-likeness (QED) is 0.901. The summed E-state index contributed by atoms with van der Waals surface area (Å²) in [5.74, 6) is 0.831. The van der Waals surface area contributed by atoms with E-state index < -0.39 is 0 Å². The lowest BCUT2D eigenvalue weighted by molar-refractivity contribution is -0.117. The Morgan fingerprint density at radius 1 is 1.24 bits per heavy atom. The third-order valence-electron chi connectivity index (χ3n) is 4.47. The summed E-state index contributed by atoms with van der Waals surface area (Å²) >= 11 is 0. The van der Waals surface area contributed by atoms with Crippen LogP contribution in [0.15, 0.2) is 42.5 Å². The van der Waals surface area contributed by atoms with Crippen LogP contribution in [0.25, 0.3) is 0 Å². The maximum atomic E-state index is 12.0. The van der Waals surface area contributed by atoms with E-state index in [1.54, 1.807) is 12.0 Å². The van der Waals surface area contributed by atoms with E-state index in [-0.39, 0.29) is 11.9 Å². The van der Waals surface area contributed by atoms with Gasteiger partial charge in [0, 0.05) is 30.8 Å². The predicted octanol–water partition coefficient (Wildman–Crippen LogP) is 3.87. The lowest BCUT2D eigenvalue weighted by Gasteiger charge is -2.21. The van der Waals surface area contributed by atoms with Gasteiger partial charge in [0.05, 0.1) is 24.4 Å². The van der Waals surface area contributed by atoms with Gasteiger partial charge in [-0.3, -0.25) is 4.79 Å². The average molecular weight is 335 g/mol. The zero-order valence-electron chi connectivity index (χ0n) is 14.5. The second-order valence-corrected chi connectivity index (χ2v) is 6.14. The van der Waals surface area contributed by atoms with Gasteiger partial charge in [0.1, 0.15) is 5.75 Å². The topological polar surface area (TPSA) is 65.4 Å². The van der Waals surface area contributed by atoms with E-state index in [1.807, 2.05) is 42.5 Å². The molecule has 1 aliphatic heterocycles. The standard InChI is InChI=1S/C20H21N3O2/c1-14(16-7-5-15(13-21)6-8-16)22-17-9-10-18(19(12-17)25-2)23-11-3-4-20(23)24/h5-10,12,14,22H,3-4,11H2,1-2H3. The molecule has 1 atom stereocenters. The molecule has 2 aromatic rings. The van der Waals surface area contributed by atoms with E-state index in [4.69, 9.17) is 10.00 Å². The first-order valence-corrected chi connectivity index (χ1v) is 8.37. The van der Waals surface area contributed by atoms with E-state index >= 15 is 0 Å². The number of nitriles is 1. The molecule has 0 bridgehead atoms. The highest BCUT2D eigenvalue weighted by atomic mass is 16.5. The van der Waals surface area contributed by atoms with Crippen LogP contribution in [0.5, 0.6) is 5.75 Å². The normalized spacial score (nSPS) is 14.9. The maximum absolute atomic E-state index is 12.0. The van der Waals surface area contributed by atoms with Gasteiger partial charge in [-0.2, -0.15) is 5.26 Å². The number of methoxy groups -OCH3 is 1. The van der Waals surface area contributed by atoms with Crippen LogP contribution in [0.3, 0.4) is 0 Å². The Bertz CT molecular complexity index is 809. The molecular formula is C20H21N3O2. The monoisotopic (exact) mass is 335 g/mol. The molecule has 1 aliphatic rings. The number of benzene rings is 2. The van der Waals surface area contributed by atoms with Crippen molar-refractivity contribution in [3.8, 4) is 11.8 Å². The second kappa shape index (κ2) is 7.27. The van der Waals surface area contributed by atoms with Crippen molar-refractivity contribution < 1.29 is 9.53 Å². The molecule has 0 radical (unpaired) electrons. The fraction of sp³-hybridized carbons (Fsp3) is 0.300. The van der Waals surface area contributed by atoms with E-state index in [0.29, 0.717) is 17.7 Å². The molecule has 1 saturated heterocycles. The van der Waals surface area contributed by atoms with Gasteiger partial charge < -0.3 is 15.0 Å². The SMILES string of the molecule is COc1cc(NC(C)c2ccc(C#N)cc2)ccc1N1CCCC1=O. The highest BCUT2D eigenvalue weighted by Gasteiger charge is 2.24. The maximum Gasteiger partial charge on any atom is 0.227 e. The number of carbonyl (C=O) groups is 1. The van der Waals surface area contributed by atoms with Crippen molar-refractivity contribution in [2.45, 2.75) is 25.8 Å². The van der Waals surface area contributed by atoms with E-state index in [0.717, 1.165) is 29.9 Å². The summed E-state index contributed by atoms with van der Waals surface area (Å²) in [5.41, 5.74) is 3.49. The second-order valence-electron chi connectivity index (χ2n) is 6.14. The van der Waals surface area contributed by atoms with Gasteiger partial charge in [0.15, 0.2) is 0 Å². The van der Waals surface area contributed by atoms with Crippen LogP contribution in [0.4, 0.5) is 11.4 Å². The molecular weight excluding hydrogens is 314 g/mol. The van der Waals surface area contributed by atoms with Crippen LogP contribution >= 0.6 is 0 Å². The van der Waals surface area contributed by atoms with Gasteiger partial charge in [0.25, 0.3) is 0 Å². The number of ether oxygens (including phenoxy) is 1. The number of hydrogen-bond acceptors (Lipinski definition) is 4. The number of anilines is 2. The van der Waals surface area contributed by atoms with Gasteiger partial charge in [-0.1, -0.05) is 12.1 Å². The summed E-state index contributed by atoms with van der Waals surface area (Å²) in [6.07, 6.45) is 1.48. The Morgan fingerprint density at radius 3 is 2.60 bits per heavy atom. The van der Waals surface area contributed by atoms with E-state index in [9.17, 15) is 4.79 Å². The predicted molar refractivity (Wildman–Crippen MR) is 97.8 cm³/mol. The third-order valence-corrected chi connectivity index (χ3v) is 4.47. The number of nitrogens with one attached hydrogen (secondary N) is 1. The molecule has 5 heteroatoms. The summed E-state index contributed by atoms with van der Waals surface area (Å²) in [4.78, 5) is 13.8. The average Bonchev–Trinajstić information content (AvgIpc) is 3.07. The molecule has 0 aromatic heterocycles. The van der Waals surface area contributed by atoms with Crippen molar-refractivity contribution in [3.05, 3.63) is 53.6 Å².